The highest BCUT2D eigenvalue weighted by atomic mass is 16.5. The molecule has 7 unspecified atom stereocenters. The number of hydrogen-bond donors (Lipinski definition) is 1. The van der Waals surface area contributed by atoms with Gasteiger partial charge in [-0.1, -0.05) is 39.0 Å². The largest absolute Gasteiger partial charge is 0.396 e. The number of aliphatic hydroxyl groups excluding tert-OH is 1. The summed E-state index contributed by atoms with van der Waals surface area (Å²) >= 11 is 0. The van der Waals surface area contributed by atoms with Gasteiger partial charge < -0.3 is 14.6 Å². The summed E-state index contributed by atoms with van der Waals surface area (Å²) in [5, 5.41) is 10.1. The molecule has 3 nitrogen and oxygen atoms in total. The molecule has 0 aliphatic heterocycles. The van der Waals surface area contributed by atoms with Gasteiger partial charge in [-0.3, -0.25) is 0 Å². The van der Waals surface area contributed by atoms with Crippen LogP contribution in [0.4, 0.5) is 0 Å². The molecule has 7 atom stereocenters. The zero-order valence-corrected chi connectivity index (χ0v) is 18.3. The monoisotopic (exact) mass is 390 g/mol. The molecule has 0 amide bonds. The highest BCUT2D eigenvalue weighted by Gasteiger charge is 2.37. The topological polar surface area (TPSA) is 38.7 Å². The number of ether oxygens (including phenoxy) is 2. The second-order valence-corrected chi connectivity index (χ2v) is 10.2. The summed E-state index contributed by atoms with van der Waals surface area (Å²) < 4.78 is 12.3. The third kappa shape index (κ3) is 5.09. The van der Waals surface area contributed by atoms with E-state index in [4.69, 9.17) is 9.47 Å². The van der Waals surface area contributed by atoms with Gasteiger partial charge in [0, 0.05) is 18.6 Å². The summed E-state index contributed by atoms with van der Waals surface area (Å²) in [6, 6.07) is 0. The molecule has 2 fully saturated rings. The van der Waals surface area contributed by atoms with Crippen LogP contribution in [0.15, 0.2) is 24.8 Å². The van der Waals surface area contributed by atoms with Crippen LogP contribution < -0.4 is 0 Å². The highest BCUT2D eigenvalue weighted by Crippen LogP contribution is 2.44. The lowest BCUT2D eigenvalue weighted by Crippen LogP contribution is -2.37. The molecular formula is C25H42O3. The molecule has 0 aromatic rings. The molecular weight excluding hydrogens is 348 g/mol. The minimum atomic E-state index is -0.271. The van der Waals surface area contributed by atoms with E-state index in [-0.39, 0.29) is 12.0 Å². The summed E-state index contributed by atoms with van der Waals surface area (Å²) in [5.41, 5.74) is -0.271. The fourth-order valence-electron chi connectivity index (χ4n) is 5.62. The van der Waals surface area contributed by atoms with Gasteiger partial charge in [0.1, 0.15) is 0 Å². The van der Waals surface area contributed by atoms with Gasteiger partial charge in [-0.25, -0.2) is 0 Å². The molecule has 0 spiro atoms. The van der Waals surface area contributed by atoms with Gasteiger partial charge in [-0.15, -0.1) is 6.58 Å². The molecule has 0 heterocycles. The molecule has 0 aromatic heterocycles. The Bertz CT molecular complexity index is 522. The first-order chi connectivity index (χ1) is 13.5. The van der Waals surface area contributed by atoms with Gasteiger partial charge in [0.2, 0.25) is 0 Å². The maximum absolute atomic E-state index is 10.1. The molecule has 1 N–H and O–H groups in total. The van der Waals surface area contributed by atoms with Crippen LogP contribution in [-0.4, -0.2) is 38.1 Å². The Labute approximate surface area is 172 Å². The van der Waals surface area contributed by atoms with E-state index in [9.17, 15) is 5.11 Å². The molecule has 3 aliphatic carbocycles. The Morgan fingerprint density at radius 1 is 1.07 bits per heavy atom. The van der Waals surface area contributed by atoms with Crippen LogP contribution in [0.1, 0.15) is 52.9 Å². The molecule has 3 aliphatic rings. The van der Waals surface area contributed by atoms with Crippen LogP contribution in [0.2, 0.25) is 0 Å². The van der Waals surface area contributed by atoms with Crippen molar-refractivity contribution in [2.24, 2.45) is 46.8 Å². The SMILES string of the molecule is C=CC1CC(C(C)C)CC1COCC(CC)(CO)COCC1CC2C=CC1C2. The first-order valence-corrected chi connectivity index (χ1v) is 11.6. The van der Waals surface area contributed by atoms with Gasteiger partial charge in [-0.05, 0) is 73.5 Å². The maximum Gasteiger partial charge on any atom is 0.0566 e. The predicted molar refractivity (Wildman–Crippen MR) is 115 cm³/mol. The standard InChI is InChI=1S/C25H42O3/c1-5-20-11-22(18(3)4)12-24(20)14-28-17-25(6-2,15-26)16-27-13-23-10-19-7-8-21(23)9-19/h5,7-8,18-24,26H,1,6,9-17H2,2-4H3. The van der Waals surface area contributed by atoms with E-state index in [1.54, 1.807) is 0 Å². The Morgan fingerprint density at radius 2 is 1.79 bits per heavy atom. The van der Waals surface area contributed by atoms with Crippen molar-refractivity contribution < 1.29 is 14.6 Å². The van der Waals surface area contributed by atoms with Crippen molar-refractivity contribution in [3.8, 4) is 0 Å². The molecule has 0 radical (unpaired) electrons. The van der Waals surface area contributed by atoms with Gasteiger partial charge in [0.25, 0.3) is 0 Å². The first-order valence-electron chi connectivity index (χ1n) is 11.6. The van der Waals surface area contributed by atoms with Crippen LogP contribution >= 0.6 is 0 Å². The van der Waals surface area contributed by atoms with Crippen LogP contribution in [-0.2, 0) is 9.47 Å². The fourth-order valence-corrected chi connectivity index (χ4v) is 5.62. The molecule has 2 bridgehead atoms. The van der Waals surface area contributed by atoms with Crippen LogP contribution in [0.5, 0.6) is 0 Å². The van der Waals surface area contributed by atoms with Crippen molar-refractivity contribution in [2.75, 3.05) is 33.0 Å². The Balaban J connectivity index is 1.43. The predicted octanol–water partition coefficient (Wildman–Crippen LogP) is 5.10. The zero-order valence-electron chi connectivity index (χ0n) is 18.3. The minimum absolute atomic E-state index is 0.129. The second-order valence-electron chi connectivity index (χ2n) is 10.2. The van der Waals surface area contributed by atoms with Crippen LogP contribution in [0.3, 0.4) is 0 Å². The van der Waals surface area contributed by atoms with E-state index in [0.717, 1.165) is 43.3 Å². The molecule has 160 valence electrons. The number of hydrogen-bond acceptors (Lipinski definition) is 3. The van der Waals surface area contributed by atoms with E-state index in [0.29, 0.717) is 31.0 Å². The Morgan fingerprint density at radius 3 is 2.29 bits per heavy atom. The highest BCUT2D eigenvalue weighted by molar-refractivity contribution is 5.10. The third-order valence-electron chi connectivity index (χ3n) is 8.01. The summed E-state index contributed by atoms with van der Waals surface area (Å²) in [6.07, 6.45) is 12.8. The van der Waals surface area contributed by atoms with Crippen molar-refractivity contribution in [3.05, 3.63) is 24.8 Å². The fraction of sp³-hybridized carbons (Fsp3) is 0.840. The lowest BCUT2D eigenvalue weighted by molar-refractivity contribution is -0.0668. The third-order valence-corrected chi connectivity index (χ3v) is 8.01. The molecule has 2 saturated carbocycles. The Kier molecular flexibility index (Phi) is 7.81. The summed E-state index contributed by atoms with van der Waals surface area (Å²) in [4.78, 5) is 0. The van der Waals surface area contributed by atoms with E-state index in [1.807, 2.05) is 0 Å². The van der Waals surface area contributed by atoms with Gasteiger partial charge in [-0.2, -0.15) is 0 Å². The lowest BCUT2D eigenvalue weighted by atomic mass is 9.87. The van der Waals surface area contributed by atoms with E-state index in [1.165, 1.54) is 25.7 Å². The lowest BCUT2D eigenvalue weighted by Gasteiger charge is -2.32. The van der Waals surface area contributed by atoms with Crippen molar-refractivity contribution in [2.45, 2.75) is 52.9 Å². The van der Waals surface area contributed by atoms with E-state index < -0.39 is 0 Å². The quantitative estimate of drug-likeness (QED) is 0.471. The van der Waals surface area contributed by atoms with Gasteiger partial charge >= 0.3 is 0 Å². The minimum Gasteiger partial charge on any atom is -0.396 e. The zero-order chi connectivity index (χ0) is 20.1. The van der Waals surface area contributed by atoms with Crippen molar-refractivity contribution >= 4 is 0 Å². The van der Waals surface area contributed by atoms with Crippen molar-refractivity contribution in [1.29, 1.82) is 0 Å². The van der Waals surface area contributed by atoms with Crippen molar-refractivity contribution in [3.63, 3.8) is 0 Å². The Hall–Kier alpha value is -0.640. The molecule has 3 heteroatoms. The summed E-state index contributed by atoms with van der Waals surface area (Å²) in [6.45, 7) is 13.8. The van der Waals surface area contributed by atoms with Crippen molar-refractivity contribution in [1.82, 2.24) is 0 Å². The average Bonchev–Trinajstić information content (AvgIpc) is 3.42. The molecule has 28 heavy (non-hydrogen) atoms. The van der Waals surface area contributed by atoms with E-state index >= 15 is 0 Å². The van der Waals surface area contributed by atoms with Crippen LogP contribution in [0, 0.1) is 46.8 Å². The van der Waals surface area contributed by atoms with Gasteiger partial charge in [0.05, 0.1) is 19.8 Å². The number of fused-ring (bicyclic) bond motifs is 2. The average molecular weight is 391 g/mol. The van der Waals surface area contributed by atoms with Crippen LogP contribution in [0.25, 0.3) is 0 Å². The van der Waals surface area contributed by atoms with E-state index in [2.05, 4.69) is 45.6 Å². The molecule has 0 aromatic carbocycles. The number of allylic oxidation sites excluding steroid dienone is 3. The number of rotatable bonds is 12. The molecule has 0 saturated heterocycles. The summed E-state index contributed by atoms with van der Waals surface area (Å²) in [5.74, 6) is 4.83. The number of aliphatic hydroxyl groups is 1. The second kappa shape index (κ2) is 9.91. The normalized spacial score (nSPS) is 36.3. The molecule has 3 rings (SSSR count). The van der Waals surface area contributed by atoms with Gasteiger partial charge in [0.15, 0.2) is 0 Å². The maximum atomic E-state index is 10.1. The summed E-state index contributed by atoms with van der Waals surface area (Å²) in [7, 11) is 0. The smallest absolute Gasteiger partial charge is 0.0566 e. The first kappa shape index (κ1) is 22.1.